The summed E-state index contributed by atoms with van der Waals surface area (Å²) in [5.74, 6) is 0. The predicted octanol–water partition coefficient (Wildman–Crippen LogP) is 3.57. The Morgan fingerprint density at radius 2 is 1.91 bits per heavy atom. The van der Waals surface area contributed by atoms with Gasteiger partial charge in [0.05, 0.1) is 29.0 Å². The van der Waals surface area contributed by atoms with Gasteiger partial charge in [0.25, 0.3) is 0 Å². The molecule has 7 nitrogen and oxygen atoms in total. The third kappa shape index (κ3) is 5.40. The van der Waals surface area contributed by atoms with E-state index in [0.717, 1.165) is 68.6 Å². The maximum absolute atomic E-state index is 5.96. The van der Waals surface area contributed by atoms with Crippen LogP contribution in [-0.4, -0.2) is 76.6 Å². The lowest BCUT2D eigenvalue weighted by molar-refractivity contribution is 0.146. The molecular formula is C26H35N7S. The van der Waals surface area contributed by atoms with Crippen molar-refractivity contribution >= 4 is 22.2 Å². The average molecular weight is 478 g/mol. The normalized spacial score (nSPS) is 18.9. The number of nitrogens with zero attached hydrogens (tertiary/aromatic N) is 6. The number of rotatable bonds is 8. The summed E-state index contributed by atoms with van der Waals surface area (Å²) in [5.41, 5.74) is 10.3. The largest absolute Gasteiger partial charge is 0.375 e. The fourth-order valence-electron chi connectivity index (χ4n) is 5.19. The lowest BCUT2D eigenvalue weighted by atomic mass is 9.96. The highest BCUT2D eigenvalue weighted by Gasteiger charge is 2.27. The van der Waals surface area contributed by atoms with Crippen LogP contribution in [0, 0.1) is 0 Å². The number of pyridine rings is 2. The Labute approximate surface area is 206 Å². The van der Waals surface area contributed by atoms with E-state index >= 15 is 0 Å². The molecule has 2 N–H and O–H groups in total. The number of hydrogen-bond donors (Lipinski definition) is 1. The van der Waals surface area contributed by atoms with E-state index in [1.807, 2.05) is 30.6 Å². The minimum atomic E-state index is 0.622. The molecule has 5 rings (SSSR count). The molecule has 8 heteroatoms. The van der Waals surface area contributed by atoms with E-state index in [2.05, 4.69) is 48.7 Å². The molecule has 0 amide bonds. The van der Waals surface area contributed by atoms with Crippen LogP contribution in [0.4, 0.5) is 10.8 Å². The topological polar surface area (TPSA) is 74.4 Å². The van der Waals surface area contributed by atoms with Crippen LogP contribution in [0.25, 0.3) is 11.4 Å². The highest BCUT2D eigenvalue weighted by atomic mass is 32.1. The highest BCUT2D eigenvalue weighted by Crippen LogP contribution is 2.30. The number of anilines is 2. The second kappa shape index (κ2) is 10.8. The number of thiazole rings is 1. The van der Waals surface area contributed by atoms with E-state index in [0.29, 0.717) is 6.04 Å². The molecule has 34 heavy (non-hydrogen) atoms. The minimum absolute atomic E-state index is 0.622. The standard InChI is InChI=1S/C26H35N7S/c1-2-11-32(20-6-9-24-25(18-20)34-26(27)30-24)15-12-31-13-16-33(17-14-31)21-7-8-23(29-19-21)22-5-3-4-10-28-22/h3-5,7-8,10,19-20H,2,6,9,11-18H2,1H3,(H2,27,30)/t20-/m0/s1. The first kappa shape index (κ1) is 23.2. The fourth-order valence-corrected chi connectivity index (χ4v) is 6.14. The number of nitrogens with two attached hydrogens (primary N) is 1. The van der Waals surface area contributed by atoms with Gasteiger partial charge >= 0.3 is 0 Å². The third-order valence-electron chi connectivity index (χ3n) is 7.07. The lowest BCUT2D eigenvalue weighted by Crippen LogP contribution is -2.50. The Bertz CT molecular complexity index is 1040. The minimum Gasteiger partial charge on any atom is -0.375 e. The first-order chi connectivity index (χ1) is 16.7. The second-order valence-electron chi connectivity index (χ2n) is 9.30. The number of piperazine rings is 1. The van der Waals surface area contributed by atoms with E-state index in [1.165, 1.54) is 35.6 Å². The molecule has 0 radical (unpaired) electrons. The fraction of sp³-hybridized carbons (Fsp3) is 0.500. The van der Waals surface area contributed by atoms with E-state index in [9.17, 15) is 0 Å². The number of aryl methyl sites for hydroxylation is 1. The van der Waals surface area contributed by atoms with Crippen molar-refractivity contribution in [3.63, 3.8) is 0 Å². The predicted molar refractivity (Wildman–Crippen MR) is 140 cm³/mol. The molecule has 2 aliphatic rings. The van der Waals surface area contributed by atoms with Crippen LogP contribution < -0.4 is 10.6 Å². The van der Waals surface area contributed by atoms with Gasteiger partial charge in [-0.15, -0.1) is 11.3 Å². The van der Waals surface area contributed by atoms with Gasteiger partial charge in [0.1, 0.15) is 0 Å². The zero-order valence-electron chi connectivity index (χ0n) is 20.1. The molecule has 3 aromatic rings. The molecule has 0 aromatic carbocycles. The Balaban J connectivity index is 1.11. The maximum Gasteiger partial charge on any atom is 0.180 e. The zero-order chi connectivity index (χ0) is 23.3. The summed E-state index contributed by atoms with van der Waals surface area (Å²) < 4.78 is 0. The summed E-state index contributed by atoms with van der Waals surface area (Å²) in [6.45, 7) is 10.0. The van der Waals surface area contributed by atoms with E-state index in [1.54, 1.807) is 11.3 Å². The Kier molecular flexibility index (Phi) is 7.37. The maximum atomic E-state index is 5.96. The van der Waals surface area contributed by atoms with Crippen molar-refractivity contribution in [2.75, 3.05) is 56.4 Å². The smallest absolute Gasteiger partial charge is 0.180 e. The van der Waals surface area contributed by atoms with Gasteiger partial charge in [-0.1, -0.05) is 13.0 Å². The molecule has 0 bridgehead atoms. The van der Waals surface area contributed by atoms with Gasteiger partial charge in [0.15, 0.2) is 5.13 Å². The highest BCUT2D eigenvalue weighted by molar-refractivity contribution is 7.15. The molecule has 1 atom stereocenters. The summed E-state index contributed by atoms with van der Waals surface area (Å²) in [5, 5.41) is 0.729. The van der Waals surface area contributed by atoms with E-state index in [-0.39, 0.29) is 0 Å². The van der Waals surface area contributed by atoms with Crippen molar-refractivity contribution in [2.24, 2.45) is 0 Å². The van der Waals surface area contributed by atoms with Crippen molar-refractivity contribution in [3.8, 4) is 11.4 Å². The molecule has 1 aliphatic heterocycles. The average Bonchev–Trinajstić information content (AvgIpc) is 3.27. The van der Waals surface area contributed by atoms with Gasteiger partial charge in [0.2, 0.25) is 0 Å². The molecule has 3 aromatic heterocycles. The molecule has 0 spiro atoms. The lowest BCUT2D eigenvalue weighted by Gasteiger charge is -2.39. The van der Waals surface area contributed by atoms with Crippen molar-refractivity contribution < 1.29 is 0 Å². The molecule has 1 fully saturated rings. The summed E-state index contributed by atoms with van der Waals surface area (Å²) in [6.07, 6.45) is 8.38. The van der Waals surface area contributed by atoms with Crippen molar-refractivity contribution in [2.45, 2.75) is 38.6 Å². The molecule has 1 aliphatic carbocycles. The Morgan fingerprint density at radius 1 is 1.06 bits per heavy atom. The van der Waals surface area contributed by atoms with Gasteiger partial charge in [-0.05, 0) is 56.5 Å². The molecule has 0 unspecified atom stereocenters. The van der Waals surface area contributed by atoms with Crippen LogP contribution in [0.15, 0.2) is 42.7 Å². The van der Waals surface area contributed by atoms with Gasteiger partial charge < -0.3 is 10.6 Å². The Hall–Kier alpha value is -2.55. The number of fused-ring (bicyclic) bond motifs is 1. The molecule has 180 valence electrons. The molecule has 1 saturated heterocycles. The van der Waals surface area contributed by atoms with Crippen LogP contribution in [-0.2, 0) is 12.8 Å². The quantitative estimate of drug-likeness (QED) is 0.532. The summed E-state index contributed by atoms with van der Waals surface area (Å²) in [7, 11) is 0. The number of nitrogen functional groups attached to an aromatic ring is 1. The van der Waals surface area contributed by atoms with Crippen LogP contribution in [0.2, 0.25) is 0 Å². The van der Waals surface area contributed by atoms with E-state index < -0.39 is 0 Å². The Morgan fingerprint density at radius 3 is 2.65 bits per heavy atom. The summed E-state index contributed by atoms with van der Waals surface area (Å²) in [4.78, 5) is 22.8. The molecular weight excluding hydrogens is 442 g/mol. The van der Waals surface area contributed by atoms with Gasteiger partial charge in [-0.3, -0.25) is 19.8 Å². The monoisotopic (exact) mass is 477 g/mol. The van der Waals surface area contributed by atoms with Crippen molar-refractivity contribution in [1.82, 2.24) is 24.8 Å². The number of hydrogen-bond acceptors (Lipinski definition) is 8. The van der Waals surface area contributed by atoms with Crippen LogP contribution in [0.3, 0.4) is 0 Å². The first-order valence-electron chi connectivity index (χ1n) is 12.5. The van der Waals surface area contributed by atoms with Crippen molar-refractivity contribution in [3.05, 3.63) is 53.3 Å². The molecule has 0 saturated carbocycles. The third-order valence-corrected chi connectivity index (χ3v) is 8.02. The zero-order valence-corrected chi connectivity index (χ0v) is 20.9. The van der Waals surface area contributed by atoms with Gasteiger partial charge in [0, 0.05) is 56.4 Å². The van der Waals surface area contributed by atoms with Gasteiger partial charge in [-0.25, -0.2) is 4.98 Å². The second-order valence-corrected chi connectivity index (χ2v) is 10.4. The summed E-state index contributed by atoms with van der Waals surface area (Å²) >= 11 is 1.69. The molecule has 4 heterocycles. The SMILES string of the molecule is CCCN(CCN1CCN(c2ccc(-c3ccccn3)nc2)CC1)[C@H]1CCc2nc(N)sc2C1. The van der Waals surface area contributed by atoms with Crippen LogP contribution in [0.5, 0.6) is 0 Å². The number of aromatic nitrogens is 3. The summed E-state index contributed by atoms with van der Waals surface area (Å²) in [6, 6.07) is 10.8. The van der Waals surface area contributed by atoms with E-state index in [4.69, 9.17) is 5.73 Å². The van der Waals surface area contributed by atoms with Crippen molar-refractivity contribution in [1.29, 1.82) is 0 Å². The van der Waals surface area contributed by atoms with Crippen LogP contribution >= 0.6 is 11.3 Å². The van der Waals surface area contributed by atoms with Gasteiger partial charge in [-0.2, -0.15) is 0 Å². The van der Waals surface area contributed by atoms with Crippen LogP contribution in [0.1, 0.15) is 30.3 Å². The first-order valence-corrected chi connectivity index (χ1v) is 13.3.